The molecule has 0 unspecified atom stereocenters. The third kappa shape index (κ3) is 3.14. The molecule has 3 nitrogen and oxygen atoms in total. The van der Waals surface area contributed by atoms with Crippen molar-refractivity contribution in [3.8, 4) is 0 Å². The largest absolute Gasteiger partial charge is 0.340 e. The van der Waals surface area contributed by atoms with Crippen LogP contribution in [0.3, 0.4) is 0 Å². The first kappa shape index (κ1) is 14.5. The molecule has 20 heavy (non-hydrogen) atoms. The highest BCUT2D eigenvalue weighted by Gasteiger charge is 2.10. The lowest BCUT2D eigenvalue weighted by atomic mass is 10.1. The maximum absolute atomic E-state index is 13.3. The van der Waals surface area contributed by atoms with Crippen molar-refractivity contribution >= 4 is 11.4 Å². The standard InChI is InChI=1S/C16H20FN3/c1-3-15(18)16-9-8-14(11-19-16)20(4-2)13-7-5-6-12(17)10-13/h5-11,15H,3-4,18H2,1-2H3/t15-/m0/s1. The fourth-order valence-corrected chi connectivity index (χ4v) is 2.14. The monoisotopic (exact) mass is 273 g/mol. The summed E-state index contributed by atoms with van der Waals surface area (Å²) in [6, 6.07) is 10.4. The summed E-state index contributed by atoms with van der Waals surface area (Å²) < 4.78 is 13.3. The van der Waals surface area contributed by atoms with Gasteiger partial charge < -0.3 is 10.6 Å². The predicted octanol–water partition coefficient (Wildman–Crippen LogP) is 3.79. The van der Waals surface area contributed by atoms with Gasteiger partial charge in [-0.2, -0.15) is 0 Å². The van der Waals surface area contributed by atoms with Crippen LogP contribution in [0.4, 0.5) is 15.8 Å². The number of hydrogen-bond donors (Lipinski definition) is 1. The first-order valence-corrected chi connectivity index (χ1v) is 6.90. The van der Waals surface area contributed by atoms with Crippen molar-refractivity contribution in [3.05, 3.63) is 54.1 Å². The summed E-state index contributed by atoms with van der Waals surface area (Å²) >= 11 is 0. The third-order valence-electron chi connectivity index (χ3n) is 3.34. The van der Waals surface area contributed by atoms with E-state index in [1.807, 2.05) is 36.9 Å². The highest BCUT2D eigenvalue weighted by molar-refractivity contribution is 5.62. The van der Waals surface area contributed by atoms with Crippen LogP contribution < -0.4 is 10.6 Å². The molecule has 2 rings (SSSR count). The van der Waals surface area contributed by atoms with Crippen molar-refractivity contribution in [1.29, 1.82) is 0 Å². The summed E-state index contributed by atoms with van der Waals surface area (Å²) in [5.74, 6) is -0.237. The molecular formula is C16H20FN3. The number of nitrogens with two attached hydrogens (primary N) is 1. The Labute approximate surface area is 119 Å². The minimum absolute atomic E-state index is 0.0340. The molecule has 2 N–H and O–H groups in total. The fraction of sp³-hybridized carbons (Fsp3) is 0.312. The van der Waals surface area contributed by atoms with Gasteiger partial charge in [-0.15, -0.1) is 0 Å². The van der Waals surface area contributed by atoms with Gasteiger partial charge in [0.1, 0.15) is 5.82 Å². The summed E-state index contributed by atoms with van der Waals surface area (Å²) in [5.41, 5.74) is 8.60. The van der Waals surface area contributed by atoms with E-state index in [-0.39, 0.29) is 11.9 Å². The lowest BCUT2D eigenvalue weighted by molar-refractivity contribution is 0.627. The van der Waals surface area contributed by atoms with Gasteiger partial charge in [0.15, 0.2) is 0 Å². The number of rotatable bonds is 5. The van der Waals surface area contributed by atoms with E-state index in [2.05, 4.69) is 4.98 Å². The molecule has 1 atom stereocenters. The van der Waals surface area contributed by atoms with Gasteiger partial charge in [0.2, 0.25) is 0 Å². The maximum Gasteiger partial charge on any atom is 0.125 e. The van der Waals surface area contributed by atoms with Crippen LogP contribution in [0.2, 0.25) is 0 Å². The van der Waals surface area contributed by atoms with Gasteiger partial charge in [0.05, 0.1) is 17.6 Å². The Morgan fingerprint density at radius 2 is 2.00 bits per heavy atom. The smallest absolute Gasteiger partial charge is 0.125 e. The lowest BCUT2D eigenvalue weighted by Gasteiger charge is -2.23. The second-order valence-electron chi connectivity index (χ2n) is 4.68. The van der Waals surface area contributed by atoms with Crippen molar-refractivity contribution < 1.29 is 4.39 Å². The Hall–Kier alpha value is -1.94. The SMILES string of the molecule is CC[C@H](N)c1ccc(N(CC)c2cccc(F)c2)cn1. The summed E-state index contributed by atoms with van der Waals surface area (Å²) in [6.07, 6.45) is 2.65. The topological polar surface area (TPSA) is 42.1 Å². The summed E-state index contributed by atoms with van der Waals surface area (Å²) in [5, 5.41) is 0. The maximum atomic E-state index is 13.3. The number of halogens is 1. The van der Waals surface area contributed by atoms with Crippen LogP contribution >= 0.6 is 0 Å². The van der Waals surface area contributed by atoms with Gasteiger partial charge in [0, 0.05) is 18.3 Å². The number of benzene rings is 1. The Morgan fingerprint density at radius 3 is 2.55 bits per heavy atom. The van der Waals surface area contributed by atoms with E-state index in [1.54, 1.807) is 12.3 Å². The Kier molecular flexibility index (Phi) is 4.69. The molecule has 1 aromatic heterocycles. The lowest BCUT2D eigenvalue weighted by Crippen LogP contribution is -2.17. The Morgan fingerprint density at radius 1 is 1.20 bits per heavy atom. The molecule has 0 bridgehead atoms. The van der Waals surface area contributed by atoms with Gasteiger partial charge in [-0.25, -0.2) is 4.39 Å². The molecule has 4 heteroatoms. The molecule has 0 aliphatic heterocycles. The highest BCUT2D eigenvalue weighted by atomic mass is 19.1. The molecule has 1 aromatic carbocycles. The molecule has 0 saturated carbocycles. The van der Waals surface area contributed by atoms with Crippen LogP contribution in [-0.4, -0.2) is 11.5 Å². The van der Waals surface area contributed by atoms with E-state index >= 15 is 0 Å². The number of nitrogens with zero attached hydrogens (tertiary/aromatic N) is 2. The van der Waals surface area contributed by atoms with Crippen LogP contribution in [0, 0.1) is 5.82 Å². The molecule has 0 saturated heterocycles. The third-order valence-corrected chi connectivity index (χ3v) is 3.34. The van der Waals surface area contributed by atoms with Crippen LogP contribution in [0.25, 0.3) is 0 Å². The molecule has 1 heterocycles. The molecule has 0 fully saturated rings. The first-order chi connectivity index (χ1) is 9.65. The first-order valence-electron chi connectivity index (χ1n) is 6.90. The second-order valence-corrected chi connectivity index (χ2v) is 4.68. The molecular weight excluding hydrogens is 253 g/mol. The minimum Gasteiger partial charge on any atom is -0.340 e. The Balaban J connectivity index is 2.28. The Bertz CT molecular complexity index is 554. The van der Waals surface area contributed by atoms with Gasteiger partial charge in [-0.1, -0.05) is 13.0 Å². The zero-order valence-corrected chi connectivity index (χ0v) is 11.9. The normalized spacial score (nSPS) is 12.2. The van der Waals surface area contributed by atoms with Gasteiger partial charge >= 0.3 is 0 Å². The van der Waals surface area contributed by atoms with Crippen LogP contribution in [0.5, 0.6) is 0 Å². The predicted molar refractivity (Wildman–Crippen MR) is 80.5 cm³/mol. The van der Waals surface area contributed by atoms with Gasteiger partial charge in [0.25, 0.3) is 0 Å². The van der Waals surface area contributed by atoms with E-state index in [0.717, 1.165) is 30.0 Å². The average molecular weight is 273 g/mol. The van der Waals surface area contributed by atoms with Crippen molar-refractivity contribution in [2.24, 2.45) is 5.73 Å². The minimum atomic E-state index is -0.237. The van der Waals surface area contributed by atoms with Crippen molar-refractivity contribution in [2.45, 2.75) is 26.3 Å². The zero-order valence-electron chi connectivity index (χ0n) is 11.9. The number of hydrogen-bond acceptors (Lipinski definition) is 3. The van der Waals surface area contributed by atoms with Gasteiger partial charge in [-0.05, 0) is 43.7 Å². The van der Waals surface area contributed by atoms with Crippen LogP contribution in [-0.2, 0) is 0 Å². The summed E-state index contributed by atoms with van der Waals surface area (Å²) in [6.45, 7) is 4.80. The number of aromatic nitrogens is 1. The van der Waals surface area contributed by atoms with E-state index in [0.29, 0.717) is 0 Å². The second kappa shape index (κ2) is 6.48. The molecule has 2 aromatic rings. The molecule has 0 aliphatic rings. The van der Waals surface area contributed by atoms with E-state index in [9.17, 15) is 4.39 Å². The average Bonchev–Trinajstić information content (AvgIpc) is 2.48. The molecule has 0 spiro atoms. The van der Waals surface area contributed by atoms with E-state index in [4.69, 9.17) is 5.73 Å². The quantitative estimate of drug-likeness (QED) is 0.901. The van der Waals surface area contributed by atoms with Crippen LogP contribution in [0.15, 0.2) is 42.6 Å². The molecule has 106 valence electrons. The van der Waals surface area contributed by atoms with Crippen molar-refractivity contribution in [2.75, 3.05) is 11.4 Å². The highest BCUT2D eigenvalue weighted by Crippen LogP contribution is 2.25. The molecule has 0 amide bonds. The number of pyridine rings is 1. The van der Waals surface area contributed by atoms with E-state index in [1.165, 1.54) is 12.1 Å². The van der Waals surface area contributed by atoms with Crippen molar-refractivity contribution in [3.63, 3.8) is 0 Å². The summed E-state index contributed by atoms with van der Waals surface area (Å²) in [7, 11) is 0. The van der Waals surface area contributed by atoms with Crippen LogP contribution in [0.1, 0.15) is 32.0 Å². The summed E-state index contributed by atoms with van der Waals surface area (Å²) in [4.78, 5) is 6.42. The number of anilines is 2. The zero-order chi connectivity index (χ0) is 14.5. The van der Waals surface area contributed by atoms with Gasteiger partial charge in [-0.3, -0.25) is 4.98 Å². The molecule has 0 radical (unpaired) electrons. The molecule has 0 aliphatic carbocycles. The van der Waals surface area contributed by atoms with E-state index < -0.39 is 0 Å². The van der Waals surface area contributed by atoms with Crippen molar-refractivity contribution in [1.82, 2.24) is 4.98 Å². The fourth-order valence-electron chi connectivity index (χ4n) is 2.14.